The van der Waals surface area contributed by atoms with E-state index in [9.17, 15) is 4.79 Å². The highest BCUT2D eigenvalue weighted by atomic mass is 16.5. The molecule has 33 heavy (non-hydrogen) atoms. The molecule has 3 aromatic rings. The average Bonchev–Trinajstić information content (AvgIpc) is 3.24. The minimum absolute atomic E-state index is 0.0419. The molecule has 7 nitrogen and oxygen atoms in total. The molecular weight excluding hydrogens is 416 g/mol. The van der Waals surface area contributed by atoms with Crippen LogP contribution in [0.5, 0.6) is 5.75 Å². The number of hydrogen-bond acceptors (Lipinski definition) is 5. The van der Waals surface area contributed by atoms with Gasteiger partial charge in [-0.05, 0) is 68.0 Å². The number of fused-ring (bicyclic) bond motifs is 1. The Morgan fingerprint density at radius 2 is 1.88 bits per heavy atom. The molecule has 0 spiro atoms. The molecule has 2 aromatic heterocycles. The van der Waals surface area contributed by atoms with Gasteiger partial charge in [-0.3, -0.25) is 9.78 Å². The summed E-state index contributed by atoms with van der Waals surface area (Å²) in [7, 11) is 0. The quantitative estimate of drug-likeness (QED) is 0.594. The van der Waals surface area contributed by atoms with E-state index in [4.69, 9.17) is 14.7 Å². The van der Waals surface area contributed by atoms with Gasteiger partial charge < -0.3 is 18.9 Å². The lowest BCUT2D eigenvalue weighted by atomic mass is 9.87. The molecule has 1 saturated carbocycles. The van der Waals surface area contributed by atoms with Crippen LogP contribution in [-0.4, -0.2) is 52.8 Å². The first-order valence-corrected chi connectivity index (χ1v) is 11.7. The van der Waals surface area contributed by atoms with E-state index in [1.54, 1.807) is 18.3 Å². The van der Waals surface area contributed by atoms with Gasteiger partial charge in [0.15, 0.2) is 0 Å². The summed E-state index contributed by atoms with van der Waals surface area (Å²) in [5.41, 5.74) is 3.13. The number of nitrogens with zero attached hydrogens (tertiary/aromatic N) is 4. The normalized spacial score (nSPS) is 21.0. The van der Waals surface area contributed by atoms with Crippen molar-refractivity contribution in [2.45, 2.75) is 38.3 Å². The highest BCUT2D eigenvalue weighted by Crippen LogP contribution is 2.31. The maximum Gasteiger partial charge on any atom is 0.257 e. The van der Waals surface area contributed by atoms with Crippen molar-refractivity contribution < 1.29 is 14.3 Å². The van der Waals surface area contributed by atoms with Gasteiger partial charge in [0.1, 0.15) is 11.3 Å². The summed E-state index contributed by atoms with van der Waals surface area (Å²) in [5, 5.41) is 8.94. The molecule has 5 rings (SSSR count). The Kier molecular flexibility index (Phi) is 6.27. The van der Waals surface area contributed by atoms with Crippen LogP contribution in [0.1, 0.15) is 41.6 Å². The van der Waals surface area contributed by atoms with Crippen molar-refractivity contribution in [1.29, 1.82) is 5.26 Å². The van der Waals surface area contributed by atoms with Gasteiger partial charge in [0.2, 0.25) is 0 Å². The number of benzene rings is 1. The maximum atomic E-state index is 13.2. The number of pyridine rings is 1. The lowest BCUT2D eigenvalue weighted by Crippen LogP contribution is -2.40. The van der Waals surface area contributed by atoms with Crippen molar-refractivity contribution >= 4 is 16.9 Å². The zero-order chi connectivity index (χ0) is 22.6. The van der Waals surface area contributed by atoms with Gasteiger partial charge in [0, 0.05) is 32.0 Å². The monoisotopic (exact) mass is 444 g/mol. The minimum atomic E-state index is 0.0419. The summed E-state index contributed by atoms with van der Waals surface area (Å²) in [6.45, 7) is 3.31. The minimum Gasteiger partial charge on any atom is -0.490 e. The topological polar surface area (TPSA) is 80.4 Å². The van der Waals surface area contributed by atoms with Crippen molar-refractivity contribution in [1.82, 2.24) is 14.5 Å². The molecule has 1 aliphatic heterocycles. The van der Waals surface area contributed by atoms with Crippen molar-refractivity contribution in [2.24, 2.45) is 5.92 Å². The molecule has 2 fully saturated rings. The van der Waals surface area contributed by atoms with Crippen LogP contribution in [0.4, 0.5) is 0 Å². The Hall–Kier alpha value is -3.37. The second-order valence-electron chi connectivity index (χ2n) is 8.87. The molecule has 7 heteroatoms. The fraction of sp³-hybridized carbons (Fsp3) is 0.423. The number of amides is 1. The van der Waals surface area contributed by atoms with Crippen LogP contribution < -0.4 is 4.74 Å². The summed E-state index contributed by atoms with van der Waals surface area (Å²) < 4.78 is 13.7. The fourth-order valence-corrected chi connectivity index (χ4v) is 4.88. The Bertz CT molecular complexity index is 1150. The summed E-state index contributed by atoms with van der Waals surface area (Å²) in [6.07, 6.45) is 8.11. The molecule has 170 valence electrons. The number of aromatic nitrogens is 2. The first-order valence-electron chi connectivity index (χ1n) is 11.7. The molecule has 1 aromatic carbocycles. The summed E-state index contributed by atoms with van der Waals surface area (Å²) >= 11 is 0. The van der Waals surface area contributed by atoms with Crippen LogP contribution in [0.15, 0.2) is 48.8 Å². The molecule has 0 bridgehead atoms. The average molecular weight is 445 g/mol. The van der Waals surface area contributed by atoms with Gasteiger partial charge in [-0.15, -0.1) is 0 Å². The second kappa shape index (κ2) is 9.63. The Labute approximate surface area is 193 Å². The van der Waals surface area contributed by atoms with Gasteiger partial charge in [-0.25, -0.2) is 0 Å². The van der Waals surface area contributed by atoms with E-state index in [1.165, 1.54) is 0 Å². The summed E-state index contributed by atoms with van der Waals surface area (Å²) in [5.74, 6) is 1.40. The third kappa shape index (κ3) is 4.71. The highest BCUT2D eigenvalue weighted by Gasteiger charge is 2.26. The van der Waals surface area contributed by atoms with Crippen LogP contribution in [-0.2, 0) is 11.3 Å². The molecule has 2 aliphatic rings. The Morgan fingerprint density at radius 3 is 2.61 bits per heavy atom. The molecule has 0 atom stereocenters. The van der Waals surface area contributed by atoms with E-state index >= 15 is 0 Å². The Balaban J connectivity index is 1.24. The first-order chi connectivity index (χ1) is 16.2. The number of morpholine rings is 1. The van der Waals surface area contributed by atoms with Gasteiger partial charge in [0.05, 0.1) is 42.0 Å². The van der Waals surface area contributed by atoms with Crippen LogP contribution >= 0.6 is 0 Å². The van der Waals surface area contributed by atoms with E-state index in [1.807, 2.05) is 29.3 Å². The van der Waals surface area contributed by atoms with Gasteiger partial charge in [-0.1, -0.05) is 0 Å². The Morgan fingerprint density at radius 1 is 1.12 bits per heavy atom. The molecular formula is C26H28N4O3. The molecule has 1 saturated heterocycles. The van der Waals surface area contributed by atoms with E-state index in [0.717, 1.165) is 49.0 Å². The maximum absolute atomic E-state index is 13.2. The molecule has 3 heterocycles. The van der Waals surface area contributed by atoms with Crippen LogP contribution in [0.2, 0.25) is 0 Å². The summed E-state index contributed by atoms with van der Waals surface area (Å²) in [6, 6.07) is 13.5. The number of carbonyl (C=O) groups excluding carboxylic acids is 1. The standard InChI is InChI=1S/C26H28N4O3/c27-16-19-3-7-21(8-4-19)33-22-9-5-20(6-10-22)17-30-18-23(25-24(30)2-1-11-28-25)26(31)29-12-14-32-15-13-29/h1-4,7-8,11,18,20,22H,5-6,9-10,12-15,17H2. The number of hydrogen-bond donors (Lipinski definition) is 0. The van der Waals surface area contributed by atoms with Crippen molar-refractivity contribution in [3.05, 3.63) is 59.9 Å². The van der Waals surface area contributed by atoms with Crippen molar-refractivity contribution in [2.75, 3.05) is 26.3 Å². The highest BCUT2D eigenvalue weighted by molar-refractivity contribution is 6.05. The first kappa shape index (κ1) is 21.5. The van der Waals surface area contributed by atoms with Crippen LogP contribution in [0, 0.1) is 17.2 Å². The van der Waals surface area contributed by atoms with Crippen molar-refractivity contribution in [3.63, 3.8) is 0 Å². The second-order valence-corrected chi connectivity index (χ2v) is 8.87. The molecule has 1 aliphatic carbocycles. The molecule has 0 N–H and O–H groups in total. The smallest absolute Gasteiger partial charge is 0.257 e. The lowest BCUT2D eigenvalue weighted by molar-refractivity contribution is 0.0304. The van der Waals surface area contributed by atoms with Gasteiger partial charge >= 0.3 is 0 Å². The van der Waals surface area contributed by atoms with E-state index in [-0.39, 0.29) is 12.0 Å². The predicted molar refractivity (Wildman–Crippen MR) is 124 cm³/mol. The SMILES string of the molecule is N#Cc1ccc(OC2CCC(Cn3cc(C(=O)N4CCOCC4)c4ncccc43)CC2)cc1. The zero-order valence-electron chi connectivity index (χ0n) is 18.7. The number of carbonyl (C=O) groups is 1. The fourth-order valence-electron chi connectivity index (χ4n) is 4.88. The molecule has 0 unspecified atom stereocenters. The van der Waals surface area contributed by atoms with E-state index < -0.39 is 0 Å². The van der Waals surface area contributed by atoms with Crippen LogP contribution in [0.25, 0.3) is 11.0 Å². The molecule has 0 radical (unpaired) electrons. The van der Waals surface area contributed by atoms with Gasteiger partial charge in [0.25, 0.3) is 5.91 Å². The largest absolute Gasteiger partial charge is 0.490 e. The van der Waals surface area contributed by atoms with E-state index in [0.29, 0.717) is 43.3 Å². The zero-order valence-corrected chi connectivity index (χ0v) is 18.7. The van der Waals surface area contributed by atoms with Crippen molar-refractivity contribution in [3.8, 4) is 11.8 Å². The lowest BCUT2D eigenvalue weighted by Gasteiger charge is -2.29. The summed E-state index contributed by atoms with van der Waals surface area (Å²) in [4.78, 5) is 19.6. The number of ether oxygens (including phenoxy) is 2. The van der Waals surface area contributed by atoms with E-state index in [2.05, 4.69) is 21.7 Å². The van der Waals surface area contributed by atoms with Gasteiger partial charge in [-0.2, -0.15) is 5.26 Å². The predicted octanol–water partition coefficient (Wildman–Crippen LogP) is 4.02. The third-order valence-corrected chi connectivity index (χ3v) is 6.70. The third-order valence-electron chi connectivity index (χ3n) is 6.70. The van der Waals surface area contributed by atoms with Crippen LogP contribution in [0.3, 0.4) is 0 Å². The number of rotatable bonds is 5. The molecule has 1 amide bonds. The number of nitriles is 1.